The summed E-state index contributed by atoms with van der Waals surface area (Å²) in [5.41, 5.74) is 0.737. The Hall–Kier alpha value is -0.710. The summed E-state index contributed by atoms with van der Waals surface area (Å²) in [6.07, 6.45) is 0. The molecule has 0 spiro atoms. The molecule has 2 aromatic carbocycles. The maximum atomic E-state index is 13.5. The topological polar surface area (TPSA) is 17.1 Å². The molecule has 1 unspecified atom stereocenters. The number of hydrogen-bond acceptors (Lipinski definition) is 1. The second kappa shape index (κ2) is 5.95. The molecular weight excluding hydrogens is 339 g/mol. The van der Waals surface area contributed by atoms with Crippen molar-refractivity contribution in [3.63, 3.8) is 0 Å². The van der Waals surface area contributed by atoms with E-state index in [1.54, 1.807) is 24.3 Å². The van der Waals surface area contributed by atoms with Crippen LogP contribution in [-0.2, 0) is 16.6 Å². The van der Waals surface area contributed by atoms with Crippen molar-refractivity contribution in [2.45, 2.75) is 10.6 Å². The van der Waals surface area contributed by atoms with Crippen LogP contribution in [0.25, 0.3) is 0 Å². The molecule has 0 saturated heterocycles. The molecule has 0 aromatic heterocycles. The summed E-state index contributed by atoms with van der Waals surface area (Å²) in [5.74, 6) is -0.253. The van der Waals surface area contributed by atoms with Gasteiger partial charge in [0.15, 0.2) is 0 Å². The molecule has 2 rings (SSSR count). The molecule has 1 atom stereocenters. The Morgan fingerprint density at radius 2 is 1.94 bits per heavy atom. The van der Waals surface area contributed by atoms with Crippen LogP contribution in [0.2, 0.25) is 5.02 Å². The highest BCUT2D eigenvalue weighted by atomic mass is 79.9. The molecule has 0 bridgehead atoms. The average molecular weight is 348 g/mol. The summed E-state index contributed by atoms with van der Waals surface area (Å²) in [7, 11) is -1.44. The third-order valence-electron chi connectivity index (χ3n) is 2.38. The SMILES string of the molecule is O=S(Cc1ccc(Br)cc1Cl)c1ccccc1F. The van der Waals surface area contributed by atoms with E-state index < -0.39 is 16.6 Å². The van der Waals surface area contributed by atoms with Crippen molar-refractivity contribution in [2.24, 2.45) is 0 Å². The second-order valence-corrected chi connectivity index (χ2v) is 6.40. The van der Waals surface area contributed by atoms with E-state index in [4.69, 9.17) is 11.6 Å². The summed E-state index contributed by atoms with van der Waals surface area (Å²) >= 11 is 9.34. The van der Waals surface area contributed by atoms with Crippen molar-refractivity contribution in [3.05, 3.63) is 63.3 Å². The molecule has 0 saturated carbocycles. The van der Waals surface area contributed by atoms with E-state index in [0.29, 0.717) is 5.02 Å². The normalized spacial score (nSPS) is 12.4. The van der Waals surface area contributed by atoms with Crippen LogP contribution in [0.15, 0.2) is 51.8 Å². The molecule has 0 aliphatic heterocycles. The molecular formula is C13H9BrClFOS. The first kappa shape index (κ1) is 13.7. The quantitative estimate of drug-likeness (QED) is 0.796. The van der Waals surface area contributed by atoms with Gasteiger partial charge in [-0.3, -0.25) is 4.21 Å². The highest BCUT2D eigenvalue weighted by Gasteiger charge is 2.12. The number of benzene rings is 2. The predicted molar refractivity (Wildman–Crippen MR) is 75.7 cm³/mol. The lowest BCUT2D eigenvalue weighted by Crippen LogP contribution is -1.99. The monoisotopic (exact) mass is 346 g/mol. The van der Waals surface area contributed by atoms with Crippen LogP contribution in [0.4, 0.5) is 4.39 Å². The van der Waals surface area contributed by atoms with Gasteiger partial charge in [0.2, 0.25) is 0 Å². The van der Waals surface area contributed by atoms with Crippen molar-refractivity contribution in [3.8, 4) is 0 Å². The Morgan fingerprint density at radius 1 is 1.22 bits per heavy atom. The molecule has 0 aliphatic carbocycles. The molecule has 0 fully saturated rings. The van der Waals surface area contributed by atoms with Gasteiger partial charge in [-0.2, -0.15) is 0 Å². The van der Waals surface area contributed by atoms with Crippen LogP contribution in [0, 0.1) is 5.82 Å². The standard InChI is InChI=1S/C13H9BrClFOS/c14-10-6-5-9(11(15)7-10)8-18(17)13-4-2-1-3-12(13)16/h1-7H,8H2. The van der Waals surface area contributed by atoms with Gasteiger partial charge >= 0.3 is 0 Å². The number of rotatable bonds is 3. The Morgan fingerprint density at radius 3 is 2.61 bits per heavy atom. The molecule has 94 valence electrons. The van der Waals surface area contributed by atoms with Gasteiger partial charge < -0.3 is 0 Å². The molecule has 0 heterocycles. The van der Waals surface area contributed by atoms with Crippen molar-refractivity contribution in [1.82, 2.24) is 0 Å². The largest absolute Gasteiger partial charge is 0.254 e. The molecule has 1 nitrogen and oxygen atoms in total. The zero-order chi connectivity index (χ0) is 13.1. The zero-order valence-electron chi connectivity index (χ0n) is 9.20. The molecule has 18 heavy (non-hydrogen) atoms. The van der Waals surface area contributed by atoms with Gasteiger partial charge in [-0.1, -0.05) is 45.7 Å². The van der Waals surface area contributed by atoms with Crippen molar-refractivity contribution in [1.29, 1.82) is 0 Å². The fourth-order valence-electron chi connectivity index (χ4n) is 1.49. The maximum Gasteiger partial charge on any atom is 0.139 e. The number of hydrogen-bond donors (Lipinski definition) is 0. The lowest BCUT2D eigenvalue weighted by molar-refractivity contribution is 0.595. The first-order valence-corrected chi connectivity index (χ1v) is 7.64. The van der Waals surface area contributed by atoms with Crippen LogP contribution in [-0.4, -0.2) is 4.21 Å². The molecule has 2 aromatic rings. The van der Waals surface area contributed by atoms with Gasteiger partial charge in [0.25, 0.3) is 0 Å². The van der Waals surface area contributed by atoms with Crippen LogP contribution in [0.3, 0.4) is 0 Å². The lowest BCUT2D eigenvalue weighted by atomic mass is 10.2. The maximum absolute atomic E-state index is 13.5. The van der Waals surface area contributed by atoms with E-state index in [0.717, 1.165) is 10.0 Å². The molecule has 0 amide bonds. The second-order valence-electron chi connectivity index (χ2n) is 3.66. The van der Waals surface area contributed by atoms with Gasteiger partial charge in [0.1, 0.15) is 5.82 Å². The minimum Gasteiger partial charge on any atom is -0.254 e. The summed E-state index contributed by atoms with van der Waals surface area (Å²) in [4.78, 5) is 0.205. The first-order valence-electron chi connectivity index (χ1n) is 5.15. The first-order chi connectivity index (χ1) is 8.58. The van der Waals surface area contributed by atoms with Crippen LogP contribution < -0.4 is 0 Å². The Kier molecular flexibility index (Phi) is 4.54. The zero-order valence-corrected chi connectivity index (χ0v) is 12.4. The molecule has 0 N–H and O–H groups in total. The molecule has 0 radical (unpaired) electrons. The van der Waals surface area contributed by atoms with Crippen molar-refractivity contribution < 1.29 is 8.60 Å². The van der Waals surface area contributed by atoms with Crippen LogP contribution in [0.5, 0.6) is 0 Å². The van der Waals surface area contributed by atoms with E-state index in [-0.39, 0.29) is 10.6 Å². The summed E-state index contributed by atoms with van der Waals surface area (Å²) in [6.45, 7) is 0. The van der Waals surface area contributed by atoms with Crippen molar-refractivity contribution in [2.75, 3.05) is 0 Å². The summed E-state index contributed by atoms with van der Waals surface area (Å²) < 4.78 is 26.4. The van der Waals surface area contributed by atoms with E-state index >= 15 is 0 Å². The van der Waals surface area contributed by atoms with E-state index in [1.807, 2.05) is 6.07 Å². The number of halogens is 3. The highest BCUT2D eigenvalue weighted by molar-refractivity contribution is 9.10. The third kappa shape index (κ3) is 3.19. The lowest BCUT2D eigenvalue weighted by Gasteiger charge is -2.06. The van der Waals surface area contributed by atoms with E-state index in [9.17, 15) is 8.60 Å². The Bertz CT molecular complexity index is 603. The highest BCUT2D eigenvalue weighted by Crippen LogP contribution is 2.24. The van der Waals surface area contributed by atoms with Gasteiger partial charge in [-0.25, -0.2) is 4.39 Å². The minimum absolute atomic E-state index is 0.201. The Labute approximate surface area is 121 Å². The van der Waals surface area contributed by atoms with Gasteiger partial charge in [0.05, 0.1) is 21.4 Å². The van der Waals surface area contributed by atoms with E-state index in [1.165, 1.54) is 12.1 Å². The fraction of sp³-hybridized carbons (Fsp3) is 0.0769. The summed E-state index contributed by atoms with van der Waals surface area (Å²) in [5, 5.41) is 0.522. The smallest absolute Gasteiger partial charge is 0.139 e. The molecule has 5 heteroatoms. The summed E-state index contributed by atoms with van der Waals surface area (Å²) in [6, 6.07) is 11.4. The van der Waals surface area contributed by atoms with Crippen LogP contribution >= 0.6 is 27.5 Å². The molecule has 0 aliphatic rings. The van der Waals surface area contributed by atoms with Gasteiger partial charge in [-0.15, -0.1) is 0 Å². The van der Waals surface area contributed by atoms with Crippen molar-refractivity contribution >= 4 is 38.3 Å². The minimum atomic E-state index is -1.44. The van der Waals surface area contributed by atoms with Gasteiger partial charge in [0, 0.05) is 9.50 Å². The fourth-order valence-corrected chi connectivity index (χ4v) is 3.51. The average Bonchev–Trinajstić information content (AvgIpc) is 2.33. The van der Waals surface area contributed by atoms with E-state index in [2.05, 4.69) is 15.9 Å². The van der Waals surface area contributed by atoms with Crippen LogP contribution in [0.1, 0.15) is 5.56 Å². The van der Waals surface area contributed by atoms with Gasteiger partial charge in [-0.05, 0) is 29.8 Å². The predicted octanol–water partition coefficient (Wildman–Crippen LogP) is 4.55. The Balaban J connectivity index is 2.24. The third-order valence-corrected chi connectivity index (χ3v) is 4.62.